The Bertz CT molecular complexity index is 1030. The highest BCUT2D eigenvalue weighted by molar-refractivity contribution is 5.80. The van der Waals surface area contributed by atoms with Crippen molar-refractivity contribution in [2.45, 2.75) is 25.4 Å². The van der Waals surface area contributed by atoms with Crippen LogP contribution < -0.4 is 15.5 Å². The molecular formula is C22H26F2N6. The van der Waals surface area contributed by atoms with Crippen molar-refractivity contribution in [1.82, 2.24) is 20.2 Å². The predicted molar refractivity (Wildman–Crippen MR) is 116 cm³/mol. The molecule has 0 saturated carbocycles. The Labute approximate surface area is 174 Å². The summed E-state index contributed by atoms with van der Waals surface area (Å²) in [5, 5.41) is 6.74. The number of rotatable bonds is 6. The van der Waals surface area contributed by atoms with Gasteiger partial charge in [-0.1, -0.05) is 12.1 Å². The highest BCUT2D eigenvalue weighted by Crippen LogP contribution is 2.24. The number of anilines is 1. The molecule has 158 valence electrons. The first-order valence-corrected chi connectivity index (χ1v) is 10.2. The van der Waals surface area contributed by atoms with E-state index in [2.05, 4.69) is 31.2 Å². The third-order valence-corrected chi connectivity index (χ3v) is 5.40. The van der Waals surface area contributed by atoms with Gasteiger partial charge in [0.2, 0.25) is 0 Å². The molecule has 3 aromatic rings. The van der Waals surface area contributed by atoms with Gasteiger partial charge in [0.15, 0.2) is 5.96 Å². The van der Waals surface area contributed by atoms with Crippen molar-refractivity contribution in [2.24, 2.45) is 4.99 Å². The number of nitrogens with zero attached hydrogens (tertiary/aromatic N) is 4. The van der Waals surface area contributed by atoms with Crippen LogP contribution in [0.5, 0.6) is 0 Å². The number of aromatic nitrogens is 2. The van der Waals surface area contributed by atoms with Gasteiger partial charge < -0.3 is 20.1 Å². The number of para-hydroxylation sites is 2. The van der Waals surface area contributed by atoms with Crippen LogP contribution in [-0.2, 0) is 6.54 Å². The summed E-state index contributed by atoms with van der Waals surface area (Å²) < 4.78 is 29.3. The zero-order valence-electron chi connectivity index (χ0n) is 17.0. The first-order valence-electron chi connectivity index (χ1n) is 10.2. The lowest BCUT2D eigenvalue weighted by molar-refractivity contribution is 0.580. The zero-order chi connectivity index (χ0) is 20.9. The molecule has 30 heavy (non-hydrogen) atoms. The van der Waals surface area contributed by atoms with Gasteiger partial charge in [-0.2, -0.15) is 0 Å². The highest BCUT2D eigenvalue weighted by atomic mass is 19.1. The van der Waals surface area contributed by atoms with Crippen molar-refractivity contribution in [1.29, 1.82) is 0 Å². The van der Waals surface area contributed by atoms with Gasteiger partial charge in [-0.3, -0.25) is 4.99 Å². The van der Waals surface area contributed by atoms with Crippen molar-refractivity contribution in [3.8, 4) is 0 Å². The number of halogens is 2. The van der Waals surface area contributed by atoms with Gasteiger partial charge in [-0.25, -0.2) is 13.8 Å². The molecule has 0 bridgehead atoms. The maximum atomic E-state index is 14.0. The molecule has 0 aliphatic carbocycles. The average molecular weight is 412 g/mol. The van der Waals surface area contributed by atoms with Crippen molar-refractivity contribution in [3.63, 3.8) is 0 Å². The average Bonchev–Trinajstić information content (AvgIpc) is 3.37. The topological polar surface area (TPSA) is 57.5 Å². The largest absolute Gasteiger partial charge is 0.367 e. The van der Waals surface area contributed by atoms with E-state index in [1.165, 1.54) is 12.1 Å². The summed E-state index contributed by atoms with van der Waals surface area (Å²) in [6, 6.07) is 12.0. The molecule has 1 saturated heterocycles. The van der Waals surface area contributed by atoms with Crippen LogP contribution in [0.3, 0.4) is 0 Å². The maximum Gasteiger partial charge on any atom is 0.191 e. The van der Waals surface area contributed by atoms with Crippen molar-refractivity contribution < 1.29 is 8.78 Å². The van der Waals surface area contributed by atoms with Crippen LogP contribution >= 0.6 is 0 Å². The van der Waals surface area contributed by atoms with E-state index in [9.17, 15) is 8.78 Å². The van der Waals surface area contributed by atoms with Gasteiger partial charge in [0.05, 0.1) is 23.0 Å². The van der Waals surface area contributed by atoms with E-state index in [-0.39, 0.29) is 6.04 Å². The lowest BCUT2D eigenvalue weighted by atomic mass is 10.2. The van der Waals surface area contributed by atoms with Crippen LogP contribution in [0, 0.1) is 11.6 Å². The molecule has 4 rings (SSSR count). The fourth-order valence-corrected chi connectivity index (χ4v) is 3.87. The number of hydrogen-bond acceptors (Lipinski definition) is 3. The summed E-state index contributed by atoms with van der Waals surface area (Å²) in [6.07, 6.45) is 3.66. The molecule has 1 aliphatic heterocycles. The first-order chi connectivity index (χ1) is 14.6. The van der Waals surface area contributed by atoms with Gasteiger partial charge in [-0.15, -0.1) is 0 Å². The van der Waals surface area contributed by atoms with E-state index >= 15 is 0 Å². The summed E-state index contributed by atoms with van der Waals surface area (Å²) in [7, 11) is 1.74. The fraction of sp³-hybridized carbons (Fsp3) is 0.364. The van der Waals surface area contributed by atoms with E-state index in [1.54, 1.807) is 7.05 Å². The van der Waals surface area contributed by atoms with Crippen LogP contribution in [0.4, 0.5) is 14.5 Å². The zero-order valence-corrected chi connectivity index (χ0v) is 17.0. The number of benzene rings is 2. The van der Waals surface area contributed by atoms with Crippen molar-refractivity contribution in [2.75, 3.05) is 31.6 Å². The Morgan fingerprint density at radius 3 is 2.93 bits per heavy atom. The molecule has 1 atom stereocenters. The molecule has 0 radical (unpaired) electrons. The molecule has 1 fully saturated rings. The number of fused-ring (bicyclic) bond motifs is 1. The second-order valence-corrected chi connectivity index (χ2v) is 7.45. The molecular weight excluding hydrogens is 386 g/mol. The van der Waals surface area contributed by atoms with Crippen LogP contribution in [-0.4, -0.2) is 48.2 Å². The summed E-state index contributed by atoms with van der Waals surface area (Å²) in [4.78, 5) is 10.6. The Kier molecular flexibility index (Phi) is 6.11. The van der Waals surface area contributed by atoms with Crippen molar-refractivity contribution in [3.05, 3.63) is 60.4 Å². The molecule has 0 spiro atoms. The normalized spacial score (nSPS) is 17.0. The molecule has 0 amide bonds. The van der Waals surface area contributed by atoms with Gasteiger partial charge in [0.25, 0.3) is 0 Å². The molecule has 8 heteroatoms. The number of hydrogen-bond donors (Lipinski definition) is 2. The fourth-order valence-electron chi connectivity index (χ4n) is 3.87. The maximum absolute atomic E-state index is 14.0. The van der Waals surface area contributed by atoms with Crippen LogP contribution in [0.2, 0.25) is 0 Å². The van der Waals surface area contributed by atoms with Gasteiger partial charge in [0, 0.05) is 45.3 Å². The Morgan fingerprint density at radius 2 is 2.10 bits per heavy atom. The van der Waals surface area contributed by atoms with Gasteiger partial charge in [-0.05, 0) is 37.1 Å². The Balaban J connectivity index is 1.24. The molecule has 2 heterocycles. The molecule has 2 N–H and O–H groups in total. The summed E-state index contributed by atoms with van der Waals surface area (Å²) in [6.45, 7) is 3.00. The van der Waals surface area contributed by atoms with Crippen LogP contribution in [0.1, 0.15) is 12.8 Å². The first kappa shape index (κ1) is 20.1. The van der Waals surface area contributed by atoms with Crippen LogP contribution in [0.15, 0.2) is 53.8 Å². The number of guanidine groups is 1. The summed E-state index contributed by atoms with van der Waals surface area (Å²) in [5.41, 5.74) is 2.58. The molecule has 1 aromatic heterocycles. The summed E-state index contributed by atoms with van der Waals surface area (Å²) >= 11 is 0. The standard InChI is InChI=1S/C22H26F2N6/c1-25-22(26-10-4-11-30-15-27-19-5-2-3-6-21(19)30)28-17-9-12-29(14-17)20-8-7-16(23)13-18(20)24/h2-3,5-8,13,15,17H,4,9-12,14H2,1H3,(H2,25,26,28). The molecule has 2 aromatic carbocycles. The van der Waals surface area contributed by atoms with E-state index in [0.717, 1.165) is 49.0 Å². The second-order valence-electron chi connectivity index (χ2n) is 7.45. The quantitative estimate of drug-likeness (QED) is 0.371. The lowest BCUT2D eigenvalue weighted by Gasteiger charge is -2.21. The SMILES string of the molecule is CN=C(NCCCn1cnc2ccccc21)NC1CCN(c2ccc(F)cc2F)C1. The minimum absolute atomic E-state index is 0.151. The number of aryl methyl sites for hydroxylation is 1. The van der Waals surface area contributed by atoms with Crippen LogP contribution in [0.25, 0.3) is 11.0 Å². The Hall–Kier alpha value is -3.16. The number of imidazole rings is 1. The monoisotopic (exact) mass is 412 g/mol. The van der Waals surface area contributed by atoms with E-state index in [4.69, 9.17) is 0 Å². The third-order valence-electron chi connectivity index (χ3n) is 5.40. The molecule has 1 aliphatic rings. The number of nitrogens with one attached hydrogen (secondary N) is 2. The Morgan fingerprint density at radius 1 is 1.23 bits per heavy atom. The lowest BCUT2D eigenvalue weighted by Crippen LogP contribution is -2.45. The van der Waals surface area contributed by atoms with Crippen molar-refractivity contribution >= 4 is 22.7 Å². The smallest absolute Gasteiger partial charge is 0.191 e. The summed E-state index contributed by atoms with van der Waals surface area (Å²) in [5.74, 6) is -0.347. The minimum Gasteiger partial charge on any atom is -0.367 e. The highest BCUT2D eigenvalue weighted by Gasteiger charge is 2.25. The molecule has 1 unspecified atom stereocenters. The predicted octanol–water partition coefficient (Wildman–Crippen LogP) is 3.15. The third kappa shape index (κ3) is 4.53. The second kappa shape index (κ2) is 9.11. The van der Waals surface area contributed by atoms with E-state index in [1.807, 2.05) is 29.4 Å². The van der Waals surface area contributed by atoms with E-state index in [0.29, 0.717) is 18.8 Å². The van der Waals surface area contributed by atoms with E-state index < -0.39 is 11.6 Å². The minimum atomic E-state index is -0.557. The van der Waals surface area contributed by atoms with Gasteiger partial charge >= 0.3 is 0 Å². The molecule has 6 nitrogen and oxygen atoms in total. The number of aliphatic imine (C=N–C) groups is 1. The van der Waals surface area contributed by atoms with Gasteiger partial charge in [0.1, 0.15) is 11.6 Å².